The third-order valence-electron chi connectivity index (χ3n) is 5.28. The van der Waals surface area contributed by atoms with Crippen LogP contribution in [-0.2, 0) is 7.05 Å². The number of hydrogen-bond acceptors (Lipinski definition) is 6. The minimum absolute atomic E-state index is 0.486. The van der Waals surface area contributed by atoms with E-state index in [1.54, 1.807) is 53.8 Å². The minimum atomic E-state index is -1.08. The van der Waals surface area contributed by atoms with Gasteiger partial charge in [-0.1, -0.05) is 17.7 Å². The molecule has 0 saturated heterocycles. The molecule has 8 nitrogen and oxygen atoms in total. The highest BCUT2D eigenvalue weighted by molar-refractivity contribution is 7.15. The van der Waals surface area contributed by atoms with Crippen molar-refractivity contribution in [1.82, 2.24) is 24.3 Å². The summed E-state index contributed by atoms with van der Waals surface area (Å²) < 4.78 is 2.87. The number of thiazole rings is 1. The first-order valence-corrected chi connectivity index (χ1v) is 11.2. The van der Waals surface area contributed by atoms with Crippen molar-refractivity contribution in [2.24, 2.45) is 7.05 Å². The molecule has 33 heavy (non-hydrogen) atoms. The number of aryl methyl sites for hydroxylation is 3. The Hall–Kier alpha value is -3.69. The van der Waals surface area contributed by atoms with Gasteiger partial charge in [0.2, 0.25) is 0 Å². The molecule has 2 N–H and O–H groups in total. The molecule has 0 aliphatic rings. The molecule has 5 aromatic rings. The van der Waals surface area contributed by atoms with E-state index in [0.29, 0.717) is 38.7 Å². The van der Waals surface area contributed by atoms with Crippen LogP contribution in [0.1, 0.15) is 10.7 Å². The zero-order valence-corrected chi connectivity index (χ0v) is 19.6. The SMILES string of the molecule is Cc1nc(C)c(-c2ccc(Nc3cc4c(cn3)cc(-c3cnn(C)c3)n4C(=O)O)c(Cl)c2)s1. The summed E-state index contributed by atoms with van der Waals surface area (Å²) in [5.41, 5.74) is 4.40. The number of carbonyl (C=O) groups is 1. The van der Waals surface area contributed by atoms with Gasteiger partial charge in [0, 0.05) is 36.5 Å². The Morgan fingerprint density at radius 3 is 2.61 bits per heavy atom. The molecular formula is C23H19ClN6O2S. The maximum atomic E-state index is 12.1. The van der Waals surface area contributed by atoms with Crippen LogP contribution >= 0.6 is 22.9 Å². The highest BCUT2D eigenvalue weighted by atomic mass is 35.5. The second-order valence-electron chi connectivity index (χ2n) is 7.65. The van der Waals surface area contributed by atoms with E-state index < -0.39 is 6.09 Å². The largest absolute Gasteiger partial charge is 0.464 e. The van der Waals surface area contributed by atoms with Crippen LogP contribution in [0, 0.1) is 13.8 Å². The van der Waals surface area contributed by atoms with Crippen LogP contribution in [0.2, 0.25) is 5.02 Å². The molecule has 0 aliphatic carbocycles. The van der Waals surface area contributed by atoms with Crippen LogP contribution < -0.4 is 5.32 Å². The molecular weight excluding hydrogens is 460 g/mol. The molecule has 0 saturated carbocycles. The number of carboxylic acid groups (broad SMARTS) is 1. The first kappa shape index (κ1) is 21.2. The van der Waals surface area contributed by atoms with Crippen molar-refractivity contribution >= 4 is 51.4 Å². The van der Waals surface area contributed by atoms with Crippen molar-refractivity contribution in [2.45, 2.75) is 13.8 Å². The van der Waals surface area contributed by atoms with Crippen LogP contribution in [0.25, 0.3) is 32.6 Å². The number of rotatable bonds is 4. The number of anilines is 2. The Morgan fingerprint density at radius 1 is 1.15 bits per heavy atom. The molecule has 0 amide bonds. The second kappa shape index (κ2) is 8.02. The maximum Gasteiger partial charge on any atom is 0.416 e. The number of benzene rings is 1. The molecule has 1 aromatic carbocycles. The fourth-order valence-electron chi connectivity index (χ4n) is 3.84. The number of halogens is 1. The molecule has 4 aromatic heterocycles. The van der Waals surface area contributed by atoms with Crippen LogP contribution in [-0.4, -0.2) is 35.5 Å². The predicted molar refractivity (Wildman–Crippen MR) is 131 cm³/mol. The smallest absolute Gasteiger partial charge is 0.416 e. The third kappa shape index (κ3) is 3.85. The Balaban J connectivity index is 1.51. The van der Waals surface area contributed by atoms with Gasteiger partial charge in [0.25, 0.3) is 0 Å². The van der Waals surface area contributed by atoms with Gasteiger partial charge in [-0.05, 0) is 37.6 Å². The number of hydrogen-bond donors (Lipinski definition) is 2. The first-order chi connectivity index (χ1) is 15.8. The minimum Gasteiger partial charge on any atom is -0.464 e. The van der Waals surface area contributed by atoms with Gasteiger partial charge >= 0.3 is 6.09 Å². The van der Waals surface area contributed by atoms with Gasteiger partial charge in [0.05, 0.1) is 43.7 Å². The normalized spacial score (nSPS) is 11.3. The molecule has 0 spiro atoms. The molecule has 0 bridgehead atoms. The summed E-state index contributed by atoms with van der Waals surface area (Å²) in [6, 6.07) is 9.24. The molecule has 166 valence electrons. The van der Waals surface area contributed by atoms with Gasteiger partial charge in [-0.3, -0.25) is 4.68 Å². The van der Waals surface area contributed by atoms with Gasteiger partial charge in [-0.2, -0.15) is 5.10 Å². The molecule has 4 heterocycles. The Labute approximate surface area is 198 Å². The van der Waals surface area contributed by atoms with Gasteiger partial charge in [0.1, 0.15) is 5.82 Å². The monoisotopic (exact) mass is 478 g/mol. The number of nitrogens with zero attached hydrogens (tertiary/aromatic N) is 5. The van der Waals surface area contributed by atoms with E-state index in [1.807, 2.05) is 32.0 Å². The Bertz CT molecular complexity index is 1530. The van der Waals surface area contributed by atoms with Gasteiger partial charge in [0.15, 0.2) is 0 Å². The van der Waals surface area contributed by atoms with Crippen LogP contribution in [0.5, 0.6) is 0 Å². The molecule has 0 fully saturated rings. The van der Waals surface area contributed by atoms with E-state index in [-0.39, 0.29) is 0 Å². The number of pyridine rings is 1. The summed E-state index contributed by atoms with van der Waals surface area (Å²) >= 11 is 8.19. The number of aromatic nitrogens is 5. The fraction of sp³-hybridized carbons (Fsp3) is 0.130. The maximum absolute atomic E-state index is 12.1. The zero-order valence-electron chi connectivity index (χ0n) is 18.0. The van der Waals surface area contributed by atoms with Crippen molar-refractivity contribution in [3.63, 3.8) is 0 Å². The zero-order chi connectivity index (χ0) is 23.3. The second-order valence-corrected chi connectivity index (χ2v) is 9.26. The topological polar surface area (TPSA) is 97.9 Å². The lowest BCUT2D eigenvalue weighted by molar-refractivity contribution is 0.198. The summed E-state index contributed by atoms with van der Waals surface area (Å²) in [6.07, 6.45) is 3.96. The van der Waals surface area contributed by atoms with E-state index in [0.717, 1.165) is 21.1 Å². The molecule has 0 atom stereocenters. The van der Waals surface area contributed by atoms with Crippen molar-refractivity contribution in [3.8, 4) is 21.7 Å². The standard InChI is InChI=1S/C23H19ClN6O2S/c1-12-22(33-13(2)27-12)14-4-5-18(17(24)6-14)28-21-8-20-15(9-25-21)7-19(30(20)23(31)32)16-10-26-29(3)11-16/h4-11H,1-3H3,(H,25,28)(H,31,32). The van der Waals surface area contributed by atoms with E-state index >= 15 is 0 Å². The number of nitrogens with one attached hydrogen (secondary N) is 1. The molecule has 0 radical (unpaired) electrons. The van der Waals surface area contributed by atoms with E-state index in [9.17, 15) is 9.90 Å². The van der Waals surface area contributed by atoms with Crippen LogP contribution in [0.15, 0.2) is 48.9 Å². The van der Waals surface area contributed by atoms with E-state index in [1.165, 1.54) is 4.57 Å². The molecule has 0 unspecified atom stereocenters. The summed E-state index contributed by atoms with van der Waals surface area (Å²) in [5, 5.41) is 19.5. The average molecular weight is 479 g/mol. The summed E-state index contributed by atoms with van der Waals surface area (Å²) in [6.45, 7) is 3.96. The molecule has 5 rings (SSSR count). The number of fused-ring (bicyclic) bond motifs is 1. The molecule has 10 heteroatoms. The van der Waals surface area contributed by atoms with Crippen molar-refractivity contribution in [3.05, 3.63) is 64.6 Å². The van der Waals surface area contributed by atoms with Crippen LogP contribution in [0.4, 0.5) is 16.3 Å². The predicted octanol–water partition coefficient (Wildman–Crippen LogP) is 6.10. The third-order valence-corrected chi connectivity index (χ3v) is 6.71. The average Bonchev–Trinajstić information content (AvgIpc) is 3.45. The quantitative estimate of drug-likeness (QED) is 0.324. The lowest BCUT2D eigenvalue weighted by Gasteiger charge is -2.10. The van der Waals surface area contributed by atoms with E-state index in [2.05, 4.69) is 20.4 Å². The lowest BCUT2D eigenvalue weighted by atomic mass is 10.1. The Kier molecular flexibility index (Phi) is 5.15. The van der Waals surface area contributed by atoms with E-state index in [4.69, 9.17) is 11.6 Å². The van der Waals surface area contributed by atoms with Crippen LogP contribution in [0.3, 0.4) is 0 Å². The van der Waals surface area contributed by atoms with Crippen molar-refractivity contribution < 1.29 is 9.90 Å². The van der Waals surface area contributed by atoms with Gasteiger partial charge < -0.3 is 10.4 Å². The first-order valence-electron chi connectivity index (χ1n) is 10.0. The van der Waals surface area contributed by atoms with Crippen molar-refractivity contribution in [2.75, 3.05) is 5.32 Å². The van der Waals surface area contributed by atoms with Crippen molar-refractivity contribution in [1.29, 1.82) is 0 Å². The highest BCUT2D eigenvalue weighted by Gasteiger charge is 2.18. The summed E-state index contributed by atoms with van der Waals surface area (Å²) in [4.78, 5) is 22.1. The lowest BCUT2D eigenvalue weighted by Crippen LogP contribution is -2.09. The van der Waals surface area contributed by atoms with Gasteiger partial charge in [-0.15, -0.1) is 11.3 Å². The summed E-state index contributed by atoms with van der Waals surface area (Å²) in [5.74, 6) is 0.486. The highest BCUT2D eigenvalue weighted by Crippen LogP contribution is 2.35. The fourth-order valence-corrected chi connectivity index (χ4v) is 4.98. The summed E-state index contributed by atoms with van der Waals surface area (Å²) in [7, 11) is 1.79. The van der Waals surface area contributed by atoms with Gasteiger partial charge in [-0.25, -0.2) is 19.3 Å². The Morgan fingerprint density at radius 2 is 1.97 bits per heavy atom. The molecule has 0 aliphatic heterocycles.